The minimum atomic E-state index is -0.979. The Kier molecular flexibility index (Phi) is 6.84. The molecule has 0 radical (unpaired) electrons. The second kappa shape index (κ2) is 9.09. The summed E-state index contributed by atoms with van der Waals surface area (Å²) in [6, 6.07) is 1.36. The Hall–Kier alpha value is -0.990. The summed E-state index contributed by atoms with van der Waals surface area (Å²) in [6.45, 7) is 2.28. The Bertz CT molecular complexity index is 529. The highest BCUT2D eigenvalue weighted by Crippen LogP contribution is 2.44. The van der Waals surface area contributed by atoms with Crippen molar-refractivity contribution in [3.63, 3.8) is 0 Å². The van der Waals surface area contributed by atoms with E-state index in [0.717, 1.165) is 36.2 Å². The lowest BCUT2D eigenvalue weighted by molar-refractivity contribution is 0.155. The second-order valence-electron chi connectivity index (χ2n) is 8.43. The van der Waals surface area contributed by atoms with Gasteiger partial charge in [0.15, 0.2) is 5.82 Å². The van der Waals surface area contributed by atoms with Gasteiger partial charge in [-0.3, -0.25) is 0 Å². The number of pyridine rings is 1. The molecule has 0 atom stereocenters. The number of halogens is 2. The third-order valence-electron chi connectivity index (χ3n) is 6.83. The van der Waals surface area contributed by atoms with Gasteiger partial charge in [-0.25, -0.2) is 9.37 Å². The Morgan fingerprint density at radius 3 is 2.16 bits per heavy atom. The third-order valence-corrected chi connectivity index (χ3v) is 6.83. The van der Waals surface area contributed by atoms with Crippen LogP contribution >= 0.6 is 0 Å². The van der Waals surface area contributed by atoms with Gasteiger partial charge in [-0.15, -0.1) is 0 Å². The molecule has 2 aliphatic carbocycles. The zero-order valence-electron chi connectivity index (χ0n) is 15.7. The van der Waals surface area contributed by atoms with Crippen LogP contribution in [0.1, 0.15) is 95.5 Å². The van der Waals surface area contributed by atoms with Crippen LogP contribution in [0, 0.1) is 29.5 Å². The molecule has 2 aliphatic rings. The molecule has 140 valence electrons. The molecule has 1 heterocycles. The SMILES string of the molecule is CCCCCC1CCC(C2CCC(c3cnc(F)c(F)c3)CC2)CC1. The second-order valence-corrected chi connectivity index (χ2v) is 8.43. The van der Waals surface area contributed by atoms with Crippen molar-refractivity contribution in [1.29, 1.82) is 0 Å². The molecule has 0 N–H and O–H groups in total. The third kappa shape index (κ3) is 5.01. The standard InChI is InChI=1S/C22H33F2N/c1-2-3-4-5-16-6-8-17(9-7-16)18-10-12-19(13-11-18)20-14-21(23)22(24)25-15-20/h14-19H,2-13H2,1H3. The molecule has 0 amide bonds. The highest BCUT2D eigenvalue weighted by atomic mass is 19.2. The van der Waals surface area contributed by atoms with Crippen molar-refractivity contribution >= 4 is 0 Å². The van der Waals surface area contributed by atoms with E-state index in [-0.39, 0.29) is 0 Å². The van der Waals surface area contributed by atoms with Crippen LogP contribution in [0.4, 0.5) is 8.78 Å². The molecule has 0 bridgehead atoms. The molecule has 0 aromatic carbocycles. The van der Waals surface area contributed by atoms with Crippen molar-refractivity contribution in [2.45, 2.75) is 89.9 Å². The first-order valence-electron chi connectivity index (χ1n) is 10.5. The van der Waals surface area contributed by atoms with Crippen LogP contribution in [0.2, 0.25) is 0 Å². The van der Waals surface area contributed by atoms with Gasteiger partial charge in [0.25, 0.3) is 0 Å². The van der Waals surface area contributed by atoms with E-state index in [1.807, 2.05) is 0 Å². The molecular weight excluding hydrogens is 316 g/mol. The van der Waals surface area contributed by atoms with Crippen molar-refractivity contribution in [1.82, 2.24) is 4.98 Å². The number of unbranched alkanes of at least 4 members (excludes halogenated alkanes) is 2. The van der Waals surface area contributed by atoms with Gasteiger partial charge in [-0.1, -0.05) is 45.4 Å². The summed E-state index contributed by atoms with van der Waals surface area (Å²) in [6.07, 6.45) is 17.5. The molecule has 0 saturated heterocycles. The van der Waals surface area contributed by atoms with Gasteiger partial charge in [0.05, 0.1) is 0 Å². The molecule has 3 heteroatoms. The maximum Gasteiger partial charge on any atom is 0.248 e. The predicted molar refractivity (Wildman–Crippen MR) is 98.4 cm³/mol. The van der Waals surface area contributed by atoms with Crippen LogP contribution in [0.25, 0.3) is 0 Å². The molecule has 0 spiro atoms. The van der Waals surface area contributed by atoms with Crippen LogP contribution in [-0.4, -0.2) is 4.98 Å². The highest BCUT2D eigenvalue weighted by molar-refractivity contribution is 5.17. The van der Waals surface area contributed by atoms with Gasteiger partial charge in [-0.2, -0.15) is 4.39 Å². The first-order chi connectivity index (χ1) is 12.2. The van der Waals surface area contributed by atoms with E-state index in [1.165, 1.54) is 76.5 Å². The maximum atomic E-state index is 13.4. The monoisotopic (exact) mass is 349 g/mol. The van der Waals surface area contributed by atoms with E-state index in [4.69, 9.17) is 0 Å². The van der Waals surface area contributed by atoms with E-state index in [1.54, 1.807) is 0 Å². The summed E-state index contributed by atoms with van der Waals surface area (Å²) in [5.74, 6) is 1.32. The molecule has 1 aromatic heterocycles. The molecule has 3 rings (SSSR count). The Labute approximate surface area is 151 Å². The Balaban J connectivity index is 1.43. The highest BCUT2D eigenvalue weighted by Gasteiger charge is 2.31. The minimum Gasteiger partial charge on any atom is -0.225 e. The quantitative estimate of drug-likeness (QED) is 0.397. The number of aromatic nitrogens is 1. The molecule has 25 heavy (non-hydrogen) atoms. The number of hydrogen-bond acceptors (Lipinski definition) is 1. The summed E-state index contributed by atoms with van der Waals surface area (Å²) in [4.78, 5) is 3.56. The fraction of sp³-hybridized carbons (Fsp3) is 0.773. The molecular formula is C22H33F2N. The van der Waals surface area contributed by atoms with E-state index in [0.29, 0.717) is 5.92 Å². The normalized spacial score (nSPS) is 30.4. The van der Waals surface area contributed by atoms with Crippen LogP contribution < -0.4 is 0 Å². The van der Waals surface area contributed by atoms with Crippen LogP contribution in [0.15, 0.2) is 12.3 Å². The fourth-order valence-corrected chi connectivity index (χ4v) is 5.21. The Morgan fingerprint density at radius 2 is 1.56 bits per heavy atom. The molecule has 2 fully saturated rings. The molecule has 2 saturated carbocycles. The largest absolute Gasteiger partial charge is 0.248 e. The first kappa shape index (κ1) is 18.8. The van der Waals surface area contributed by atoms with Crippen molar-refractivity contribution in [3.05, 3.63) is 29.6 Å². The summed E-state index contributed by atoms with van der Waals surface area (Å²) in [5, 5.41) is 0. The topological polar surface area (TPSA) is 12.9 Å². The number of rotatable bonds is 6. The summed E-state index contributed by atoms with van der Waals surface area (Å²) >= 11 is 0. The zero-order valence-corrected chi connectivity index (χ0v) is 15.7. The van der Waals surface area contributed by atoms with Gasteiger partial charge >= 0.3 is 0 Å². The first-order valence-corrected chi connectivity index (χ1v) is 10.5. The van der Waals surface area contributed by atoms with Crippen LogP contribution in [0.5, 0.6) is 0 Å². The van der Waals surface area contributed by atoms with Crippen molar-refractivity contribution in [3.8, 4) is 0 Å². The van der Waals surface area contributed by atoms with Crippen molar-refractivity contribution < 1.29 is 8.78 Å². The van der Waals surface area contributed by atoms with E-state index in [2.05, 4.69) is 11.9 Å². The smallest absolute Gasteiger partial charge is 0.225 e. The van der Waals surface area contributed by atoms with E-state index in [9.17, 15) is 8.78 Å². The lowest BCUT2D eigenvalue weighted by Crippen LogP contribution is -2.25. The van der Waals surface area contributed by atoms with E-state index >= 15 is 0 Å². The van der Waals surface area contributed by atoms with E-state index < -0.39 is 11.8 Å². The lowest BCUT2D eigenvalue weighted by Gasteiger charge is -2.38. The van der Waals surface area contributed by atoms with Gasteiger partial charge in [-0.05, 0) is 73.8 Å². The molecule has 0 unspecified atom stereocenters. The predicted octanol–water partition coefficient (Wildman–Crippen LogP) is 7.02. The summed E-state index contributed by atoms with van der Waals surface area (Å²) in [7, 11) is 0. The zero-order chi connectivity index (χ0) is 17.6. The number of hydrogen-bond donors (Lipinski definition) is 0. The lowest BCUT2D eigenvalue weighted by atomic mass is 9.68. The molecule has 1 nitrogen and oxygen atoms in total. The average Bonchev–Trinajstić information content (AvgIpc) is 2.65. The summed E-state index contributed by atoms with van der Waals surface area (Å²) in [5.41, 5.74) is 0.886. The van der Waals surface area contributed by atoms with Crippen LogP contribution in [0.3, 0.4) is 0 Å². The maximum absolute atomic E-state index is 13.4. The average molecular weight is 350 g/mol. The Morgan fingerprint density at radius 1 is 0.920 bits per heavy atom. The van der Waals surface area contributed by atoms with Gasteiger partial charge in [0.1, 0.15) is 0 Å². The molecule has 0 aliphatic heterocycles. The number of nitrogens with zero attached hydrogens (tertiary/aromatic N) is 1. The molecule has 1 aromatic rings. The van der Waals surface area contributed by atoms with Gasteiger partial charge < -0.3 is 0 Å². The van der Waals surface area contributed by atoms with Gasteiger partial charge in [0.2, 0.25) is 5.95 Å². The van der Waals surface area contributed by atoms with Crippen LogP contribution in [-0.2, 0) is 0 Å². The van der Waals surface area contributed by atoms with Crippen molar-refractivity contribution in [2.75, 3.05) is 0 Å². The minimum absolute atomic E-state index is 0.365. The van der Waals surface area contributed by atoms with Gasteiger partial charge in [0, 0.05) is 6.20 Å². The summed E-state index contributed by atoms with van der Waals surface area (Å²) < 4.78 is 26.4. The fourth-order valence-electron chi connectivity index (χ4n) is 5.21. The van der Waals surface area contributed by atoms with Crippen molar-refractivity contribution in [2.24, 2.45) is 17.8 Å².